The summed E-state index contributed by atoms with van der Waals surface area (Å²) in [6.45, 7) is 10.9. The predicted octanol–water partition coefficient (Wildman–Crippen LogP) is -1.18. The molecule has 3 nitrogen and oxygen atoms in total. The van der Waals surface area contributed by atoms with E-state index in [1.165, 1.54) is 27.8 Å². The van der Waals surface area contributed by atoms with Crippen LogP contribution >= 0.6 is 0 Å². The third-order valence-electron chi connectivity index (χ3n) is 4.98. The van der Waals surface area contributed by atoms with Crippen molar-refractivity contribution >= 4 is 6.08 Å². The molecule has 0 amide bonds. The molecular weight excluding hydrogens is 456 g/mol. The van der Waals surface area contributed by atoms with Crippen molar-refractivity contribution in [3.63, 3.8) is 0 Å². The van der Waals surface area contributed by atoms with Gasteiger partial charge in [0.1, 0.15) is 12.7 Å². The summed E-state index contributed by atoms with van der Waals surface area (Å²) in [6, 6.07) is 8.41. The summed E-state index contributed by atoms with van der Waals surface area (Å²) in [5.74, 6) is 0. The molecule has 0 N–H and O–H groups in total. The molecule has 0 radical (unpaired) electrons. The van der Waals surface area contributed by atoms with Gasteiger partial charge in [-0.1, -0.05) is 51.3 Å². The molecule has 1 atom stereocenters. The molecule has 0 saturated carbocycles. The molecular formula is C21H23Cl2N3Zr. The van der Waals surface area contributed by atoms with Crippen molar-refractivity contribution < 1.29 is 51.0 Å². The molecule has 0 saturated heterocycles. The molecule has 140 valence electrons. The number of aromatic nitrogens is 3. The molecule has 1 unspecified atom stereocenters. The Kier molecular flexibility index (Phi) is 10.2. The van der Waals surface area contributed by atoms with Crippen molar-refractivity contribution in [3.05, 3.63) is 76.9 Å². The number of hydrogen-bond donors (Lipinski definition) is 0. The van der Waals surface area contributed by atoms with E-state index < -0.39 is 0 Å². The Balaban J connectivity index is 0.000000473. The van der Waals surface area contributed by atoms with Crippen LogP contribution in [-0.2, 0) is 26.2 Å². The van der Waals surface area contributed by atoms with Crippen LogP contribution in [0.5, 0.6) is 0 Å². The molecule has 4 rings (SSSR count). The third-order valence-corrected chi connectivity index (χ3v) is 4.98. The Labute approximate surface area is 194 Å². The molecule has 1 aromatic carbocycles. The van der Waals surface area contributed by atoms with Crippen LogP contribution in [0.1, 0.15) is 51.8 Å². The number of hydrogen-bond acceptors (Lipinski definition) is 2. The first-order valence-corrected chi connectivity index (χ1v) is 8.22. The number of benzene rings is 1. The summed E-state index contributed by atoms with van der Waals surface area (Å²) in [6.07, 6.45) is 12.2. The maximum Gasteiger partial charge on any atom is 4.00 e. The van der Waals surface area contributed by atoms with E-state index in [2.05, 4.69) is 69.1 Å². The average molecular weight is 480 g/mol. The van der Waals surface area contributed by atoms with Gasteiger partial charge in [-0.05, 0) is 6.04 Å². The zero-order valence-electron chi connectivity index (χ0n) is 16.2. The normalized spacial score (nSPS) is 18.3. The van der Waals surface area contributed by atoms with Gasteiger partial charge in [-0.2, -0.15) is 16.7 Å². The molecule has 6 heteroatoms. The van der Waals surface area contributed by atoms with Crippen molar-refractivity contribution in [2.75, 3.05) is 0 Å². The molecule has 2 aliphatic rings. The molecule has 1 aromatic heterocycles. The first-order chi connectivity index (χ1) is 11.4. The number of nitrogens with zero attached hydrogens (tertiary/aromatic N) is 3. The van der Waals surface area contributed by atoms with Gasteiger partial charge in [-0.3, -0.25) is 6.08 Å². The van der Waals surface area contributed by atoms with E-state index in [-0.39, 0.29) is 62.5 Å². The van der Waals surface area contributed by atoms with Crippen LogP contribution in [0.25, 0.3) is 6.08 Å². The van der Waals surface area contributed by atoms with Crippen molar-refractivity contribution in [1.29, 1.82) is 0 Å². The van der Waals surface area contributed by atoms with Gasteiger partial charge in [-0.25, -0.2) is 17.7 Å². The second-order valence-electron chi connectivity index (χ2n) is 6.88. The van der Waals surface area contributed by atoms with Crippen molar-refractivity contribution in [1.82, 2.24) is 14.8 Å². The number of allylic oxidation sites excluding steroid dienone is 5. The topological polar surface area (TPSA) is 30.7 Å². The monoisotopic (exact) mass is 477 g/mol. The van der Waals surface area contributed by atoms with Gasteiger partial charge in [0.15, 0.2) is 0 Å². The second kappa shape index (κ2) is 10.6. The second-order valence-corrected chi connectivity index (χ2v) is 6.88. The Bertz CT molecular complexity index is 837. The van der Waals surface area contributed by atoms with Crippen molar-refractivity contribution in [2.24, 2.45) is 5.41 Å². The molecule has 2 aromatic rings. The maximum absolute atomic E-state index is 3.80. The van der Waals surface area contributed by atoms with Crippen molar-refractivity contribution in [2.45, 2.75) is 40.7 Å². The minimum absolute atomic E-state index is 0. The van der Waals surface area contributed by atoms with Gasteiger partial charge in [0.2, 0.25) is 0 Å². The van der Waals surface area contributed by atoms with Crippen LogP contribution in [-0.4, -0.2) is 14.8 Å². The van der Waals surface area contributed by atoms with E-state index >= 15 is 0 Å². The third kappa shape index (κ3) is 5.53. The van der Waals surface area contributed by atoms with Gasteiger partial charge in [-0.15, -0.1) is 28.8 Å². The van der Waals surface area contributed by atoms with E-state index in [4.69, 9.17) is 0 Å². The summed E-state index contributed by atoms with van der Waals surface area (Å²) >= 11 is 0. The predicted molar refractivity (Wildman–Crippen MR) is 96.9 cm³/mol. The summed E-state index contributed by atoms with van der Waals surface area (Å²) in [4.78, 5) is 0. The molecule has 27 heavy (non-hydrogen) atoms. The van der Waals surface area contributed by atoms with Gasteiger partial charge in [0, 0.05) is 0 Å². The minimum atomic E-state index is 0. The molecule has 0 spiro atoms. The largest absolute Gasteiger partial charge is 4.00 e. The van der Waals surface area contributed by atoms with Gasteiger partial charge >= 0.3 is 26.2 Å². The Hall–Kier alpha value is -0.957. The van der Waals surface area contributed by atoms with E-state index in [0.717, 1.165) is 0 Å². The maximum atomic E-state index is 3.80. The smallest absolute Gasteiger partial charge is 1.00 e. The molecule has 1 heterocycles. The Morgan fingerprint density at radius 1 is 1.00 bits per heavy atom. The van der Waals surface area contributed by atoms with Crippen LogP contribution in [0.4, 0.5) is 0 Å². The van der Waals surface area contributed by atoms with E-state index in [0.29, 0.717) is 0 Å². The van der Waals surface area contributed by atoms with E-state index in [1.807, 2.05) is 22.8 Å². The number of rotatable bonds is 1. The fourth-order valence-corrected chi connectivity index (χ4v) is 3.14. The Morgan fingerprint density at radius 2 is 1.59 bits per heavy atom. The number of halogens is 2. The van der Waals surface area contributed by atoms with Crippen LogP contribution in [0.2, 0.25) is 0 Å². The summed E-state index contributed by atoms with van der Waals surface area (Å²) in [7, 11) is 0. The fourth-order valence-electron chi connectivity index (χ4n) is 3.14. The summed E-state index contributed by atoms with van der Waals surface area (Å²) < 4.78 is 1.95. The standard InChI is InChI=1S/C11H8N3.C10H15.2ClH.Zr/c1-2-4-10-9(3-1)5-6-11(10)14-7-12-13-8-14;1-7-6-10(4,5)9(3)8(7)2;;;/h1-5,7-8,11H;1-5H3;2*1H;/q2*-1;;;+4/p-2. The first-order valence-electron chi connectivity index (χ1n) is 8.22. The average Bonchev–Trinajstić information content (AvgIpc) is 3.25. The SMILES string of the molecule is CC1=[C-]C(C)(C)C(C)=C1C.[C-]1=Cc2ccccc2C1n1cnnc1.[Cl-].[Cl-].[Zr+4]. The molecule has 2 aliphatic carbocycles. The van der Waals surface area contributed by atoms with Gasteiger partial charge in [0.25, 0.3) is 0 Å². The number of fused-ring (bicyclic) bond motifs is 1. The summed E-state index contributed by atoms with van der Waals surface area (Å²) in [5.41, 5.74) is 6.88. The van der Waals surface area contributed by atoms with Crippen molar-refractivity contribution in [3.8, 4) is 0 Å². The van der Waals surface area contributed by atoms with E-state index in [1.54, 1.807) is 12.7 Å². The zero-order chi connectivity index (χ0) is 17.3. The fraction of sp³-hybridized carbons (Fsp3) is 0.333. The molecule has 0 aliphatic heterocycles. The van der Waals surface area contributed by atoms with Gasteiger partial charge in [0.05, 0.1) is 0 Å². The van der Waals surface area contributed by atoms with Gasteiger partial charge < -0.3 is 29.4 Å². The van der Waals surface area contributed by atoms with Crippen LogP contribution in [0.3, 0.4) is 0 Å². The Morgan fingerprint density at radius 3 is 2.07 bits per heavy atom. The quantitative estimate of drug-likeness (QED) is 0.482. The zero-order valence-corrected chi connectivity index (χ0v) is 20.2. The van der Waals surface area contributed by atoms with Crippen LogP contribution in [0.15, 0.2) is 53.6 Å². The minimum Gasteiger partial charge on any atom is -1.00 e. The van der Waals surface area contributed by atoms with E-state index in [9.17, 15) is 0 Å². The molecule has 0 fully saturated rings. The van der Waals surface area contributed by atoms with Crippen LogP contribution < -0.4 is 24.8 Å². The first kappa shape index (κ1) is 26.0. The molecule has 0 bridgehead atoms. The summed E-state index contributed by atoms with van der Waals surface area (Å²) in [5, 5.41) is 7.60. The van der Waals surface area contributed by atoms with Crippen LogP contribution in [0, 0.1) is 17.6 Å².